The highest BCUT2D eigenvalue weighted by Crippen LogP contribution is 2.18. The molecule has 0 bridgehead atoms. The quantitative estimate of drug-likeness (QED) is 0.598. The van der Waals surface area contributed by atoms with Crippen LogP contribution in [0.2, 0.25) is 0 Å². The Labute approximate surface area is 174 Å². The first-order valence-electron chi connectivity index (χ1n) is 9.08. The maximum Gasteiger partial charge on any atom is 0.258 e. The Hall–Kier alpha value is -3.23. The second-order valence-electron chi connectivity index (χ2n) is 6.63. The molecule has 0 radical (unpaired) electrons. The Kier molecular flexibility index (Phi) is 6.49. The van der Waals surface area contributed by atoms with Crippen LogP contribution in [0.15, 0.2) is 71.6 Å². The number of sulfonamides is 1. The largest absolute Gasteiger partial charge is 0.497 e. The second-order valence-corrected chi connectivity index (χ2v) is 8.40. The molecule has 3 aromatic rings. The zero-order chi connectivity index (χ0) is 21.7. The van der Waals surface area contributed by atoms with Gasteiger partial charge in [-0.25, -0.2) is 17.5 Å². The monoisotopic (exact) mass is 428 g/mol. The number of rotatable bonds is 7. The fourth-order valence-corrected chi connectivity index (χ4v) is 3.73. The normalized spacial score (nSPS) is 11.2. The number of hydrogen-bond acceptors (Lipinski definition) is 4. The Bertz CT molecular complexity index is 1140. The SMILES string of the molecule is COc1ccc(CNS(=O)(=O)c2ccc(F)c(C(=O)Nc3ccc(C)cc3)c2)cc1. The van der Waals surface area contributed by atoms with Crippen LogP contribution in [-0.4, -0.2) is 21.4 Å². The number of ether oxygens (including phenoxy) is 1. The molecule has 0 atom stereocenters. The molecule has 1 amide bonds. The van der Waals surface area contributed by atoms with Crippen molar-refractivity contribution in [3.63, 3.8) is 0 Å². The van der Waals surface area contributed by atoms with E-state index in [0.29, 0.717) is 11.4 Å². The van der Waals surface area contributed by atoms with E-state index in [1.165, 1.54) is 0 Å². The molecule has 0 saturated heterocycles. The number of halogens is 1. The van der Waals surface area contributed by atoms with E-state index >= 15 is 0 Å². The Morgan fingerprint density at radius 1 is 1.00 bits per heavy atom. The number of nitrogens with one attached hydrogen (secondary N) is 2. The van der Waals surface area contributed by atoms with Gasteiger partial charge in [0.15, 0.2) is 0 Å². The third kappa shape index (κ3) is 5.22. The van der Waals surface area contributed by atoms with Gasteiger partial charge in [0.1, 0.15) is 11.6 Å². The molecule has 3 rings (SSSR count). The van der Waals surface area contributed by atoms with Crippen LogP contribution in [0.1, 0.15) is 21.5 Å². The van der Waals surface area contributed by atoms with Crippen LogP contribution < -0.4 is 14.8 Å². The van der Waals surface area contributed by atoms with Crippen molar-refractivity contribution in [2.75, 3.05) is 12.4 Å². The molecule has 0 spiro atoms. The number of methoxy groups -OCH3 is 1. The van der Waals surface area contributed by atoms with E-state index in [9.17, 15) is 17.6 Å². The topological polar surface area (TPSA) is 84.5 Å². The summed E-state index contributed by atoms with van der Waals surface area (Å²) in [6.45, 7) is 1.94. The number of aryl methyl sites for hydroxylation is 1. The average molecular weight is 428 g/mol. The van der Waals surface area contributed by atoms with E-state index in [-0.39, 0.29) is 17.0 Å². The van der Waals surface area contributed by atoms with Crippen LogP contribution in [0.5, 0.6) is 5.75 Å². The van der Waals surface area contributed by atoms with E-state index in [0.717, 1.165) is 29.3 Å². The molecule has 2 N–H and O–H groups in total. The van der Waals surface area contributed by atoms with Gasteiger partial charge in [0.25, 0.3) is 5.91 Å². The summed E-state index contributed by atoms with van der Waals surface area (Å²) in [4.78, 5) is 12.3. The van der Waals surface area contributed by atoms with Crippen molar-refractivity contribution in [3.05, 3.63) is 89.2 Å². The number of benzene rings is 3. The fourth-order valence-electron chi connectivity index (χ4n) is 2.69. The van der Waals surface area contributed by atoms with E-state index < -0.39 is 21.7 Å². The van der Waals surface area contributed by atoms with Gasteiger partial charge in [0.2, 0.25) is 10.0 Å². The molecule has 0 saturated carbocycles. The smallest absolute Gasteiger partial charge is 0.258 e. The number of carbonyl (C=O) groups is 1. The van der Waals surface area contributed by atoms with Gasteiger partial charge in [-0.2, -0.15) is 0 Å². The Morgan fingerprint density at radius 3 is 2.30 bits per heavy atom. The summed E-state index contributed by atoms with van der Waals surface area (Å²) in [5.74, 6) is -0.887. The summed E-state index contributed by atoms with van der Waals surface area (Å²) in [7, 11) is -2.41. The van der Waals surface area contributed by atoms with Crippen molar-refractivity contribution >= 4 is 21.6 Å². The minimum absolute atomic E-state index is 0.0363. The predicted molar refractivity (Wildman–Crippen MR) is 113 cm³/mol. The zero-order valence-electron chi connectivity index (χ0n) is 16.5. The van der Waals surface area contributed by atoms with Gasteiger partial charge in [-0.15, -0.1) is 0 Å². The van der Waals surface area contributed by atoms with Crippen LogP contribution in [0, 0.1) is 12.7 Å². The van der Waals surface area contributed by atoms with Gasteiger partial charge >= 0.3 is 0 Å². The molecule has 0 aliphatic heterocycles. The van der Waals surface area contributed by atoms with Crippen molar-refractivity contribution in [3.8, 4) is 5.75 Å². The molecule has 0 aliphatic carbocycles. The lowest BCUT2D eigenvalue weighted by molar-refractivity contribution is 0.102. The maximum atomic E-state index is 14.2. The third-order valence-electron chi connectivity index (χ3n) is 4.43. The minimum atomic E-state index is -3.95. The van der Waals surface area contributed by atoms with Crippen LogP contribution in [0.4, 0.5) is 10.1 Å². The standard InChI is InChI=1S/C22H21FN2O4S/c1-15-3-7-17(8-4-15)25-22(26)20-13-19(11-12-21(20)23)30(27,28)24-14-16-5-9-18(29-2)10-6-16/h3-13,24H,14H2,1-2H3,(H,25,26). The Balaban J connectivity index is 1.76. The first-order chi connectivity index (χ1) is 14.3. The molecular weight excluding hydrogens is 407 g/mol. The highest BCUT2D eigenvalue weighted by Gasteiger charge is 2.19. The molecule has 3 aromatic carbocycles. The first-order valence-corrected chi connectivity index (χ1v) is 10.6. The first kappa shape index (κ1) is 21.5. The van der Waals surface area contributed by atoms with E-state index in [2.05, 4.69) is 10.0 Å². The number of carbonyl (C=O) groups excluding carboxylic acids is 1. The van der Waals surface area contributed by atoms with Gasteiger partial charge in [-0.1, -0.05) is 29.8 Å². The molecule has 0 heterocycles. The second kappa shape index (κ2) is 9.06. The van der Waals surface area contributed by atoms with Crippen LogP contribution in [0.3, 0.4) is 0 Å². The number of anilines is 1. The third-order valence-corrected chi connectivity index (χ3v) is 5.83. The van der Waals surface area contributed by atoms with Crippen LogP contribution in [-0.2, 0) is 16.6 Å². The van der Waals surface area contributed by atoms with Gasteiger partial charge in [0, 0.05) is 12.2 Å². The molecule has 8 heteroatoms. The lowest BCUT2D eigenvalue weighted by atomic mass is 10.2. The van der Waals surface area contributed by atoms with Crippen LogP contribution >= 0.6 is 0 Å². The average Bonchev–Trinajstić information content (AvgIpc) is 2.74. The minimum Gasteiger partial charge on any atom is -0.497 e. The summed E-state index contributed by atoms with van der Waals surface area (Å²) >= 11 is 0. The van der Waals surface area contributed by atoms with Gasteiger partial charge in [-0.05, 0) is 55.0 Å². The van der Waals surface area contributed by atoms with E-state index in [4.69, 9.17) is 4.74 Å². The van der Waals surface area contributed by atoms with E-state index in [1.807, 2.05) is 6.92 Å². The van der Waals surface area contributed by atoms with Crippen molar-refractivity contribution in [2.45, 2.75) is 18.4 Å². The fraction of sp³-hybridized carbons (Fsp3) is 0.136. The molecule has 0 aliphatic rings. The van der Waals surface area contributed by atoms with Crippen LogP contribution in [0.25, 0.3) is 0 Å². The summed E-state index contributed by atoms with van der Waals surface area (Å²) < 4.78 is 47.0. The zero-order valence-corrected chi connectivity index (χ0v) is 17.3. The van der Waals surface area contributed by atoms with Crippen molar-refractivity contribution in [2.24, 2.45) is 0 Å². The molecule has 0 aromatic heterocycles. The summed E-state index contributed by atoms with van der Waals surface area (Å²) in [6.07, 6.45) is 0. The number of hydrogen-bond donors (Lipinski definition) is 2. The Morgan fingerprint density at radius 2 is 1.67 bits per heavy atom. The maximum absolute atomic E-state index is 14.2. The molecule has 156 valence electrons. The number of amides is 1. The van der Waals surface area contributed by atoms with Crippen molar-refractivity contribution in [1.29, 1.82) is 0 Å². The van der Waals surface area contributed by atoms with Crippen molar-refractivity contribution in [1.82, 2.24) is 4.72 Å². The molecule has 0 fully saturated rings. The molecular formula is C22H21FN2O4S. The van der Waals surface area contributed by atoms with Crippen molar-refractivity contribution < 1.29 is 22.3 Å². The summed E-state index contributed by atoms with van der Waals surface area (Å²) in [5, 5.41) is 2.57. The molecule has 0 unspecified atom stereocenters. The highest BCUT2D eigenvalue weighted by molar-refractivity contribution is 7.89. The van der Waals surface area contributed by atoms with E-state index in [1.54, 1.807) is 55.6 Å². The van der Waals surface area contributed by atoms with Gasteiger partial charge in [-0.3, -0.25) is 4.79 Å². The molecule has 30 heavy (non-hydrogen) atoms. The van der Waals surface area contributed by atoms with Gasteiger partial charge in [0.05, 0.1) is 17.6 Å². The molecule has 6 nitrogen and oxygen atoms in total. The lowest BCUT2D eigenvalue weighted by Gasteiger charge is -2.10. The van der Waals surface area contributed by atoms with Gasteiger partial charge < -0.3 is 10.1 Å². The summed E-state index contributed by atoms with van der Waals surface area (Å²) in [6, 6.07) is 17.0. The highest BCUT2D eigenvalue weighted by atomic mass is 32.2. The lowest BCUT2D eigenvalue weighted by Crippen LogP contribution is -2.24. The predicted octanol–water partition coefficient (Wildman–Crippen LogP) is 3.87. The summed E-state index contributed by atoms with van der Waals surface area (Å²) in [5.41, 5.74) is 1.85.